The molecule has 1 fully saturated rings. The van der Waals surface area contributed by atoms with E-state index in [-0.39, 0.29) is 10.6 Å². The molecule has 12 heteroatoms. The summed E-state index contributed by atoms with van der Waals surface area (Å²) in [5.41, 5.74) is 1.09. The third-order valence-corrected chi connectivity index (χ3v) is 9.77. The van der Waals surface area contributed by atoms with Gasteiger partial charge >= 0.3 is 5.69 Å². The number of benzene rings is 1. The zero-order chi connectivity index (χ0) is 27.1. The van der Waals surface area contributed by atoms with Gasteiger partial charge in [-0.05, 0) is 68.0 Å². The molecule has 2 aromatic heterocycles. The molecule has 37 heavy (non-hydrogen) atoms. The second-order valence-electron chi connectivity index (χ2n) is 9.46. The van der Waals surface area contributed by atoms with Crippen LogP contribution in [0.3, 0.4) is 0 Å². The largest absolute Gasteiger partial charge is 0.493 e. The molecule has 1 aliphatic heterocycles. The molecule has 0 spiro atoms. The van der Waals surface area contributed by atoms with Crippen molar-refractivity contribution in [2.45, 2.75) is 51.6 Å². The van der Waals surface area contributed by atoms with Gasteiger partial charge in [-0.1, -0.05) is 6.92 Å². The molecule has 0 saturated carbocycles. The van der Waals surface area contributed by atoms with Crippen LogP contribution in [0.4, 0.5) is 0 Å². The Bertz CT molecular complexity index is 1530. The number of aromatic amines is 1. The molecule has 3 heterocycles. The van der Waals surface area contributed by atoms with Gasteiger partial charge in [0.2, 0.25) is 10.0 Å². The molecule has 0 atom stereocenters. The quantitative estimate of drug-likeness (QED) is 0.379. The van der Waals surface area contributed by atoms with Gasteiger partial charge in [-0.3, -0.25) is 18.8 Å². The van der Waals surface area contributed by atoms with Crippen LogP contribution in [0, 0.1) is 3.57 Å². The summed E-state index contributed by atoms with van der Waals surface area (Å²) in [4.78, 5) is 31.5. The number of fused-ring (bicyclic) bond motifs is 1. The Balaban J connectivity index is 1.87. The molecule has 0 unspecified atom stereocenters. The number of nitrogens with one attached hydrogen (secondary N) is 1. The lowest BCUT2D eigenvalue weighted by Gasteiger charge is -2.36. The highest BCUT2D eigenvalue weighted by Crippen LogP contribution is 2.37. The number of ether oxygens (including phenoxy) is 1. The monoisotopic (exact) mass is 643 g/mol. The van der Waals surface area contributed by atoms with E-state index in [0.29, 0.717) is 83.4 Å². The Kier molecular flexibility index (Phi) is 8.22. The van der Waals surface area contributed by atoms with Crippen molar-refractivity contribution in [2.24, 2.45) is 7.05 Å². The van der Waals surface area contributed by atoms with Crippen molar-refractivity contribution < 1.29 is 13.2 Å². The Hall–Kier alpha value is -2.16. The number of rotatable bonds is 8. The molecule has 0 amide bonds. The number of H-pyrrole nitrogens is 1. The van der Waals surface area contributed by atoms with E-state index in [0.717, 1.165) is 4.57 Å². The van der Waals surface area contributed by atoms with Crippen molar-refractivity contribution in [3.8, 4) is 17.0 Å². The van der Waals surface area contributed by atoms with Gasteiger partial charge in [0.05, 0.1) is 26.3 Å². The zero-order valence-electron chi connectivity index (χ0n) is 21.9. The summed E-state index contributed by atoms with van der Waals surface area (Å²) in [6.07, 6.45) is 0.714. The fraction of sp³-hybridized carbons (Fsp3) is 0.520. The minimum absolute atomic E-state index is 0.164. The number of halogens is 1. The number of piperazine rings is 1. The van der Waals surface area contributed by atoms with Crippen LogP contribution >= 0.6 is 22.6 Å². The first-order valence-electron chi connectivity index (χ1n) is 12.5. The normalized spacial score (nSPS) is 15.6. The van der Waals surface area contributed by atoms with E-state index in [2.05, 4.69) is 46.3 Å². The van der Waals surface area contributed by atoms with Gasteiger partial charge in [0.15, 0.2) is 0 Å². The molecule has 3 aromatic rings. The van der Waals surface area contributed by atoms with Gasteiger partial charge < -0.3 is 9.72 Å². The van der Waals surface area contributed by atoms with Crippen LogP contribution < -0.4 is 16.0 Å². The van der Waals surface area contributed by atoms with Crippen LogP contribution in [0.2, 0.25) is 0 Å². The first-order valence-corrected chi connectivity index (χ1v) is 15.1. The van der Waals surface area contributed by atoms with E-state index in [1.54, 1.807) is 22.8 Å². The van der Waals surface area contributed by atoms with Gasteiger partial charge in [0.1, 0.15) is 11.3 Å². The first kappa shape index (κ1) is 27.9. The molecule has 10 nitrogen and oxygen atoms in total. The fourth-order valence-electron chi connectivity index (χ4n) is 4.78. The fourth-order valence-corrected chi connectivity index (χ4v) is 7.21. The average Bonchev–Trinajstić information content (AvgIpc) is 3.22. The van der Waals surface area contributed by atoms with E-state index in [4.69, 9.17) is 4.74 Å². The molecule has 1 aromatic carbocycles. The number of nitrogens with zero attached hydrogens (tertiary/aromatic N) is 4. The van der Waals surface area contributed by atoms with Gasteiger partial charge in [0.25, 0.3) is 5.56 Å². The Labute approximate surface area is 230 Å². The summed E-state index contributed by atoms with van der Waals surface area (Å²) in [5, 5.41) is 0. The predicted molar refractivity (Wildman–Crippen MR) is 153 cm³/mol. The SMILES string of the molecule is CCCn1c(=O)n(C)c(=O)c2[nH]c(-c3cc(S(=O)(=O)N4CCN(C(C)C)CC4)ccc3OCC)c(I)c21. The van der Waals surface area contributed by atoms with Crippen LogP contribution in [0.1, 0.15) is 34.1 Å². The lowest BCUT2D eigenvalue weighted by Crippen LogP contribution is -2.50. The first-order chi connectivity index (χ1) is 17.5. The maximum atomic E-state index is 13.6. The van der Waals surface area contributed by atoms with Gasteiger partial charge in [0, 0.05) is 51.4 Å². The van der Waals surface area contributed by atoms with Crippen molar-refractivity contribution in [1.82, 2.24) is 23.3 Å². The van der Waals surface area contributed by atoms with Crippen molar-refractivity contribution in [3.63, 3.8) is 0 Å². The molecule has 1 N–H and O–H groups in total. The second kappa shape index (κ2) is 10.9. The molecule has 0 aliphatic carbocycles. The summed E-state index contributed by atoms with van der Waals surface area (Å²) < 4.78 is 38.0. The van der Waals surface area contributed by atoms with Gasteiger partial charge in [-0.2, -0.15) is 4.31 Å². The van der Waals surface area contributed by atoms with E-state index < -0.39 is 15.6 Å². The number of aryl methyl sites for hydroxylation is 1. The highest BCUT2D eigenvalue weighted by molar-refractivity contribution is 14.1. The van der Waals surface area contributed by atoms with Gasteiger partial charge in [-0.25, -0.2) is 13.2 Å². The third-order valence-electron chi connectivity index (χ3n) is 6.83. The smallest absolute Gasteiger partial charge is 0.331 e. The molecule has 202 valence electrons. The van der Waals surface area contributed by atoms with E-state index in [1.165, 1.54) is 11.4 Å². The number of sulfonamides is 1. The molecule has 0 radical (unpaired) electrons. The highest BCUT2D eigenvalue weighted by atomic mass is 127. The van der Waals surface area contributed by atoms with Crippen LogP contribution in [0.15, 0.2) is 32.7 Å². The van der Waals surface area contributed by atoms with Crippen molar-refractivity contribution in [1.29, 1.82) is 0 Å². The maximum absolute atomic E-state index is 13.6. The number of hydrogen-bond donors (Lipinski definition) is 1. The van der Waals surface area contributed by atoms with Crippen molar-refractivity contribution in [2.75, 3.05) is 32.8 Å². The summed E-state index contributed by atoms with van der Waals surface area (Å²) in [5.74, 6) is 0.497. The third kappa shape index (κ3) is 5.00. The molecule has 0 bridgehead atoms. The number of aromatic nitrogens is 3. The summed E-state index contributed by atoms with van der Waals surface area (Å²) in [6.45, 7) is 11.1. The topological polar surface area (TPSA) is 110 Å². The van der Waals surface area contributed by atoms with E-state index in [1.807, 2.05) is 13.8 Å². The molecular weight excluding hydrogens is 609 g/mol. The molecular formula is C25H34IN5O5S. The Morgan fingerprint density at radius 1 is 1.11 bits per heavy atom. The zero-order valence-corrected chi connectivity index (χ0v) is 24.8. The van der Waals surface area contributed by atoms with Crippen LogP contribution in [0.5, 0.6) is 5.75 Å². The Morgan fingerprint density at radius 3 is 2.38 bits per heavy atom. The maximum Gasteiger partial charge on any atom is 0.331 e. The summed E-state index contributed by atoms with van der Waals surface area (Å²) >= 11 is 2.12. The summed E-state index contributed by atoms with van der Waals surface area (Å²) in [7, 11) is -2.28. The van der Waals surface area contributed by atoms with Crippen LogP contribution in [-0.4, -0.2) is 70.6 Å². The molecule has 1 saturated heterocycles. The van der Waals surface area contributed by atoms with Crippen LogP contribution in [-0.2, 0) is 23.6 Å². The summed E-state index contributed by atoms with van der Waals surface area (Å²) in [6, 6.07) is 5.20. The lowest BCUT2D eigenvalue weighted by atomic mass is 10.1. The average molecular weight is 644 g/mol. The predicted octanol–water partition coefficient (Wildman–Crippen LogP) is 2.82. The standard InChI is InChI=1S/C25H34IN5O5S/c1-6-10-31-23-20(26)21(27-22(23)24(32)28(5)25(31)33)18-15-17(8-9-19(18)36-7-2)37(34,35)30-13-11-29(12-14-30)16(3)4/h8-9,15-16,27H,6-7,10-14H2,1-5H3. The lowest BCUT2D eigenvalue weighted by molar-refractivity contribution is 0.154. The van der Waals surface area contributed by atoms with E-state index >= 15 is 0 Å². The van der Waals surface area contributed by atoms with Crippen molar-refractivity contribution >= 4 is 43.6 Å². The second-order valence-corrected chi connectivity index (χ2v) is 12.5. The van der Waals surface area contributed by atoms with E-state index in [9.17, 15) is 18.0 Å². The Morgan fingerprint density at radius 2 is 1.78 bits per heavy atom. The van der Waals surface area contributed by atoms with Crippen molar-refractivity contribution in [3.05, 3.63) is 42.6 Å². The van der Waals surface area contributed by atoms with Gasteiger partial charge in [-0.15, -0.1) is 0 Å². The minimum atomic E-state index is -3.74. The minimum Gasteiger partial charge on any atom is -0.493 e. The highest BCUT2D eigenvalue weighted by Gasteiger charge is 2.31. The number of hydrogen-bond acceptors (Lipinski definition) is 6. The molecule has 1 aliphatic rings. The molecule has 4 rings (SSSR count). The van der Waals surface area contributed by atoms with Crippen LogP contribution in [0.25, 0.3) is 22.3 Å².